The second kappa shape index (κ2) is 7.93. The van der Waals surface area contributed by atoms with Crippen molar-refractivity contribution in [2.45, 2.75) is 25.0 Å². The molecule has 2 atom stereocenters. The maximum atomic E-state index is 13.3. The maximum absolute atomic E-state index is 13.3. The van der Waals surface area contributed by atoms with Crippen molar-refractivity contribution < 1.29 is 28.6 Å². The summed E-state index contributed by atoms with van der Waals surface area (Å²) in [5.74, 6) is -2.03. The summed E-state index contributed by atoms with van der Waals surface area (Å²) in [5, 5.41) is 10.8. The third-order valence-electron chi connectivity index (χ3n) is 3.38. The van der Waals surface area contributed by atoms with Gasteiger partial charge in [0.1, 0.15) is 11.9 Å². The minimum absolute atomic E-state index is 0.00696. The fourth-order valence-corrected chi connectivity index (χ4v) is 2.27. The number of benzene rings is 1. The number of ether oxygens (including phenoxy) is 1. The van der Waals surface area contributed by atoms with Crippen LogP contribution in [0, 0.1) is 5.82 Å². The van der Waals surface area contributed by atoms with E-state index < -0.39 is 29.8 Å². The Morgan fingerprint density at radius 2 is 2.00 bits per heavy atom. The molecule has 130 valence electrons. The third kappa shape index (κ3) is 4.80. The number of halogens is 2. The Bertz CT molecular complexity index is 649. The van der Waals surface area contributed by atoms with Crippen molar-refractivity contribution in [2.24, 2.45) is 0 Å². The number of hydrogen-bond acceptors (Lipinski definition) is 4. The van der Waals surface area contributed by atoms with E-state index in [-0.39, 0.29) is 23.2 Å². The van der Waals surface area contributed by atoms with Crippen LogP contribution in [0.5, 0.6) is 0 Å². The molecule has 3 amide bonds. The van der Waals surface area contributed by atoms with Crippen LogP contribution < -0.4 is 16.2 Å². The first-order valence-corrected chi connectivity index (χ1v) is 7.41. The van der Waals surface area contributed by atoms with Crippen LogP contribution in [0.2, 0.25) is 5.02 Å². The number of nitrogens with one attached hydrogen (secondary N) is 3. The second-order valence-corrected chi connectivity index (χ2v) is 5.53. The molecular formula is C14H15ClFN3O5. The van der Waals surface area contributed by atoms with E-state index in [2.05, 4.69) is 16.2 Å². The Balaban J connectivity index is 1.80. The first-order valence-electron chi connectivity index (χ1n) is 7.03. The highest BCUT2D eigenvalue weighted by molar-refractivity contribution is 6.30. The molecule has 0 aliphatic carbocycles. The summed E-state index contributed by atoms with van der Waals surface area (Å²) in [5.41, 5.74) is 4.33. The van der Waals surface area contributed by atoms with E-state index in [0.29, 0.717) is 12.8 Å². The van der Waals surface area contributed by atoms with Gasteiger partial charge in [0.25, 0.3) is 11.8 Å². The summed E-state index contributed by atoms with van der Waals surface area (Å²) >= 11 is 5.52. The molecule has 2 rings (SSSR count). The van der Waals surface area contributed by atoms with E-state index in [1.807, 2.05) is 0 Å². The van der Waals surface area contributed by atoms with Crippen molar-refractivity contribution >= 4 is 29.5 Å². The van der Waals surface area contributed by atoms with Gasteiger partial charge in [0, 0.05) is 5.56 Å². The highest BCUT2D eigenvalue weighted by Gasteiger charge is 2.28. The lowest BCUT2D eigenvalue weighted by Gasteiger charge is -2.28. The quantitative estimate of drug-likeness (QED) is 0.602. The van der Waals surface area contributed by atoms with Crippen molar-refractivity contribution in [2.75, 3.05) is 6.61 Å². The van der Waals surface area contributed by atoms with E-state index >= 15 is 0 Å². The third-order valence-corrected chi connectivity index (χ3v) is 3.68. The van der Waals surface area contributed by atoms with Crippen LogP contribution in [0.15, 0.2) is 18.2 Å². The molecule has 0 aromatic heterocycles. The second-order valence-electron chi connectivity index (χ2n) is 5.12. The van der Waals surface area contributed by atoms with Gasteiger partial charge in [-0.15, -0.1) is 0 Å². The summed E-state index contributed by atoms with van der Waals surface area (Å²) < 4.78 is 18.5. The summed E-state index contributed by atoms with van der Waals surface area (Å²) in [6.07, 6.45) is -1.24. The number of carbonyl (C=O) groups is 3. The first kappa shape index (κ1) is 18.0. The van der Waals surface area contributed by atoms with E-state index in [1.165, 1.54) is 12.1 Å². The van der Waals surface area contributed by atoms with Gasteiger partial charge in [-0.25, -0.2) is 9.18 Å². The Labute approximate surface area is 141 Å². The molecule has 1 saturated heterocycles. The van der Waals surface area contributed by atoms with Gasteiger partial charge in [0.15, 0.2) is 0 Å². The lowest BCUT2D eigenvalue weighted by Crippen LogP contribution is -2.51. The lowest BCUT2D eigenvalue weighted by molar-refractivity contribution is -0.137. The molecule has 10 heteroatoms. The van der Waals surface area contributed by atoms with Crippen molar-refractivity contribution in [1.29, 1.82) is 0 Å². The van der Waals surface area contributed by atoms with Crippen LogP contribution in [0.4, 0.5) is 9.18 Å². The summed E-state index contributed by atoms with van der Waals surface area (Å²) in [6.45, 7) is 0.0563. The topological polar surface area (TPSA) is 117 Å². The minimum atomic E-state index is -1.16. The van der Waals surface area contributed by atoms with Crippen LogP contribution in [0.3, 0.4) is 0 Å². The fourth-order valence-electron chi connectivity index (χ4n) is 2.16. The predicted molar refractivity (Wildman–Crippen MR) is 80.9 cm³/mol. The van der Waals surface area contributed by atoms with Crippen molar-refractivity contribution in [3.05, 3.63) is 34.6 Å². The molecule has 0 saturated carbocycles. The molecule has 1 fully saturated rings. The highest BCUT2D eigenvalue weighted by Crippen LogP contribution is 2.16. The van der Waals surface area contributed by atoms with Crippen LogP contribution in [0.1, 0.15) is 23.2 Å². The van der Waals surface area contributed by atoms with Gasteiger partial charge in [-0.3, -0.25) is 20.4 Å². The van der Waals surface area contributed by atoms with Gasteiger partial charge >= 0.3 is 6.09 Å². The number of amides is 3. The van der Waals surface area contributed by atoms with Gasteiger partial charge in [-0.1, -0.05) is 11.6 Å². The van der Waals surface area contributed by atoms with Gasteiger partial charge in [-0.05, 0) is 31.0 Å². The predicted octanol–water partition coefficient (Wildman–Crippen LogP) is 1.06. The normalized spacial score (nSPS) is 20.1. The Hall–Kier alpha value is -2.39. The first-order chi connectivity index (χ1) is 11.4. The number of hydrazine groups is 1. The van der Waals surface area contributed by atoms with Crippen LogP contribution in [-0.2, 0) is 9.53 Å². The molecule has 0 spiro atoms. The van der Waals surface area contributed by atoms with E-state index in [4.69, 9.17) is 21.4 Å². The van der Waals surface area contributed by atoms with Crippen LogP contribution >= 0.6 is 11.6 Å². The van der Waals surface area contributed by atoms with Gasteiger partial charge in [0.2, 0.25) is 0 Å². The zero-order valence-electron chi connectivity index (χ0n) is 12.3. The smallest absolute Gasteiger partial charge is 0.404 e. The van der Waals surface area contributed by atoms with E-state index in [1.54, 1.807) is 0 Å². The molecule has 4 N–H and O–H groups in total. The number of carboxylic acid groups (broad SMARTS) is 1. The van der Waals surface area contributed by atoms with Crippen molar-refractivity contribution in [3.8, 4) is 0 Å². The Morgan fingerprint density at radius 3 is 2.58 bits per heavy atom. The average Bonchev–Trinajstić information content (AvgIpc) is 2.55. The molecule has 1 heterocycles. The largest absolute Gasteiger partial charge is 0.465 e. The molecule has 0 bridgehead atoms. The molecule has 24 heavy (non-hydrogen) atoms. The fraction of sp³-hybridized carbons (Fsp3) is 0.357. The zero-order valence-corrected chi connectivity index (χ0v) is 13.1. The zero-order chi connectivity index (χ0) is 17.7. The SMILES string of the molecule is O=C(O)N[C@@H]1CC[C@@H](C(=O)NNC(=O)c2ccc(Cl)c(F)c2)OC1. The number of carbonyl (C=O) groups excluding carboxylic acids is 2. The van der Waals surface area contributed by atoms with Gasteiger partial charge in [0.05, 0.1) is 17.7 Å². The van der Waals surface area contributed by atoms with Crippen LogP contribution in [0.25, 0.3) is 0 Å². The lowest BCUT2D eigenvalue weighted by atomic mass is 10.0. The molecule has 1 aromatic rings. The molecule has 1 aliphatic rings. The molecule has 0 unspecified atom stereocenters. The molecule has 8 nitrogen and oxygen atoms in total. The van der Waals surface area contributed by atoms with Gasteiger partial charge < -0.3 is 15.2 Å². The van der Waals surface area contributed by atoms with Crippen molar-refractivity contribution in [3.63, 3.8) is 0 Å². The minimum Gasteiger partial charge on any atom is -0.465 e. The van der Waals surface area contributed by atoms with Gasteiger partial charge in [-0.2, -0.15) is 0 Å². The molecular weight excluding hydrogens is 345 g/mol. The molecule has 1 aliphatic heterocycles. The summed E-state index contributed by atoms with van der Waals surface area (Å²) in [7, 11) is 0. The standard InChI is InChI=1S/C14H15ClFN3O5/c15-9-3-1-7(5-10(9)16)12(20)18-19-13(21)11-4-2-8(6-24-11)17-14(22)23/h1,3,5,8,11,17H,2,4,6H2,(H,18,20)(H,19,21)(H,22,23)/t8-,11+/m1/s1. The summed E-state index contributed by atoms with van der Waals surface area (Å²) in [4.78, 5) is 34.2. The molecule has 0 radical (unpaired) electrons. The number of hydrogen-bond donors (Lipinski definition) is 4. The van der Waals surface area contributed by atoms with E-state index in [9.17, 15) is 18.8 Å². The van der Waals surface area contributed by atoms with Crippen LogP contribution in [-0.4, -0.2) is 41.8 Å². The number of rotatable bonds is 3. The van der Waals surface area contributed by atoms with E-state index in [0.717, 1.165) is 6.07 Å². The monoisotopic (exact) mass is 359 g/mol. The Morgan fingerprint density at radius 1 is 1.25 bits per heavy atom. The Kier molecular flexibility index (Phi) is 5.93. The molecule has 1 aromatic carbocycles. The average molecular weight is 360 g/mol. The highest BCUT2D eigenvalue weighted by atomic mass is 35.5. The summed E-state index contributed by atoms with van der Waals surface area (Å²) in [6, 6.07) is 3.11. The van der Waals surface area contributed by atoms with Crippen molar-refractivity contribution in [1.82, 2.24) is 16.2 Å². The maximum Gasteiger partial charge on any atom is 0.404 e.